The van der Waals surface area contributed by atoms with Crippen molar-refractivity contribution < 1.29 is 9.90 Å². The van der Waals surface area contributed by atoms with Crippen LogP contribution in [0.15, 0.2) is 0 Å². The minimum atomic E-state index is -0.667. The largest absolute Gasteiger partial charge is 0.481 e. The highest BCUT2D eigenvalue weighted by molar-refractivity contribution is 5.66. The molecule has 0 radical (unpaired) electrons. The summed E-state index contributed by atoms with van der Waals surface area (Å²) >= 11 is 0. The zero-order valence-corrected chi connectivity index (χ0v) is 12.6. The summed E-state index contributed by atoms with van der Waals surface area (Å²) in [6.07, 6.45) is 4.65. The third-order valence-electron chi connectivity index (χ3n) is 3.57. The van der Waals surface area contributed by atoms with Crippen molar-refractivity contribution in [2.45, 2.75) is 59.8 Å². The van der Waals surface area contributed by atoms with Crippen LogP contribution < -0.4 is 0 Å². The van der Waals surface area contributed by atoms with Gasteiger partial charge in [-0.2, -0.15) is 0 Å². The van der Waals surface area contributed by atoms with Gasteiger partial charge in [0, 0.05) is 6.42 Å². The summed E-state index contributed by atoms with van der Waals surface area (Å²) in [4.78, 5) is 13.2. The Morgan fingerprint density at radius 3 is 2.00 bits per heavy atom. The summed E-state index contributed by atoms with van der Waals surface area (Å²) in [5, 5.41) is 8.78. The zero-order valence-electron chi connectivity index (χ0n) is 12.6. The number of carbonyl (C=O) groups is 1. The average Bonchev–Trinajstić information content (AvgIpc) is 2.28. The quantitative estimate of drug-likeness (QED) is 0.614. The molecule has 0 aromatic rings. The predicted molar refractivity (Wildman–Crippen MR) is 76.8 cm³/mol. The van der Waals surface area contributed by atoms with Gasteiger partial charge in [0.15, 0.2) is 0 Å². The Hall–Kier alpha value is -0.570. The Labute approximate surface area is 113 Å². The highest BCUT2D eigenvalue weighted by atomic mass is 16.4. The molecule has 0 saturated heterocycles. The number of hydrogen-bond acceptors (Lipinski definition) is 2. The summed E-state index contributed by atoms with van der Waals surface area (Å²) < 4.78 is 0. The van der Waals surface area contributed by atoms with Crippen molar-refractivity contribution in [3.05, 3.63) is 0 Å². The van der Waals surface area contributed by atoms with E-state index in [0.29, 0.717) is 18.3 Å². The van der Waals surface area contributed by atoms with Gasteiger partial charge in [-0.05, 0) is 57.2 Å². The van der Waals surface area contributed by atoms with E-state index < -0.39 is 5.97 Å². The summed E-state index contributed by atoms with van der Waals surface area (Å²) in [5.41, 5.74) is 0. The van der Waals surface area contributed by atoms with Crippen molar-refractivity contribution >= 4 is 5.97 Å². The van der Waals surface area contributed by atoms with Crippen molar-refractivity contribution in [1.29, 1.82) is 0 Å². The second kappa shape index (κ2) is 10.4. The molecule has 0 aromatic carbocycles. The third-order valence-corrected chi connectivity index (χ3v) is 3.57. The first-order valence-electron chi connectivity index (χ1n) is 7.45. The van der Waals surface area contributed by atoms with E-state index in [4.69, 9.17) is 5.11 Å². The standard InChI is InChI=1S/C15H31NO2/c1-5-10-16(11-6-2)12-9-14(13(3)4)7-8-15(17)18/h13-14H,5-12H2,1-4H3,(H,17,18). The van der Waals surface area contributed by atoms with E-state index in [2.05, 4.69) is 32.6 Å². The second-order valence-corrected chi connectivity index (χ2v) is 5.57. The van der Waals surface area contributed by atoms with Gasteiger partial charge in [-0.15, -0.1) is 0 Å². The first kappa shape index (κ1) is 17.4. The molecule has 0 fully saturated rings. The van der Waals surface area contributed by atoms with Crippen molar-refractivity contribution in [1.82, 2.24) is 4.90 Å². The molecule has 0 aliphatic carbocycles. The van der Waals surface area contributed by atoms with Crippen LogP contribution in [0.2, 0.25) is 0 Å². The van der Waals surface area contributed by atoms with Crippen LogP contribution in [0, 0.1) is 11.8 Å². The number of aliphatic carboxylic acids is 1. The van der Waals surface area contributed by atoms with E-state index >= 15 is 0 Å². The molecule has 1 N–H and O–H groups in total. The fourth-order valence-electron chi connectivity index (χ4n) is 2.44. The van der Waals surface area contributed by atoms with E-state index in [0.717, 1.165) is 32.5 Å². The lowest BCUT2D eigenvalue weighted by Gasteiger charge is -2.26. The molecule has 0 amide bonds. The van der Waals surface area contributed by atoms with Crippen molar-refractivity contribution in [2.24, 2.45) is 11.8 Å². The van der Waals surface area contributed by atoms with Crippen molar-refractivity contribution in [3.63, 3.8) is 0 Å². The van der Waals surface area contributed by atoms with Gasteiger partial charge in [0.05, 0.1) is 0 Å². The molecular formula is C15H31NO2. The van der Waals surface area contributed by atoms with Crippen LogP contribution in [0.3, 0.4) is 0 Å². The monoisotopic (exact) mass is 257 g/mol. The van der Waals surface area contributed by atoms with E-state index in [1.54, 1.807) is 0 Å². The highest BCUT2D eigenvalue weighted by Crippen LogP contribution is 2.21. The molecular weight excluding hydrogens is 226 g/mol. The van der Waals surface area contributed by atoms with Crippen LogP contribution in [0.1, 0.15) is 59.8 Å². The number of rotatable bonds is 11. The zero-order chi connectivity index (χ0) is 14.0. The number of hydrogen-bond donors (Lipinski definition) is 1. The van der Waals surface area contributed by atoms with Crippen molar-refractivity contribution in [3.8, 4) is 0 Å². The van der Waals surface area contributed by atoms with Crippen LogP contribution in [-0.4, -0.2) is 35.6 Å². The second-order valence-electron chi connectivity index (χ2n) is 5.57. The molecule has 0 bridgehead atoms. The Bertz CT molecular complexity index is 211. The molecule has 108 valence electrons. The predicted octanol–water partition coefficient (Wildman–Crippen LogP) is 3.64. The van der Waals surface area contributed by atoms with Crippen LogP contribution in [0.5, 0.6) is 0 Å². The van der Waals surface area contributed by atoms with Gasteiger partial charge in [-0.1, -0.05) is 27.7 Å². The van der Waals surface area contributed by atoms with Crippen LogP contribution in [-0.2, 0) is 4.79 Å². The van der Waals surface area contributed by atoms with Crippen LogP contribution >= 0.6 is 0 Å². The number of carboxylic acid groups (broad SMARTS) is 1. The maximum atomic E-state index is 10.7. The fourth-order valence-corrected chi connectivity index (χ4v) is 2.44. The summed E-state index contributed by atoms with van der Waals surface area (Å²) in [7, 11) is 0. The summed E-state index contributed by atoms with van der Waals surface area (Å²) in [6, 6.07) is 0. The molecule has 0 aliphatic rings. The van der Waals surface area contributed by atoms with E-state index in [1.165, 1.54) is 12.8 Å². The summed E-state index contributed by atoms with van der Waals surface area (Å²) in [6.45, 7) is 12.3. The molecule has 0 rings (SSSR count). The van der Waals surface area contributed by atoms with Crippen LogP contribution in [0.4, 0.5) is 0 Å². The van der Waals surface area contributed by atoms with Gasteiger partial charge in [0.1, 0.15) is 0 Å². The lowest BCUT2D eigenvalue weighted by molar-refractivity contribution is -0.137. The number of carboxylic acids is 1. The van der Waals surface area contributed by atoms with Crippen LogP contribution in [0.25, 0.3) is 0 Å². The molecule has 0 saturated carbocycles. The minimum absolute atomic E-state index is 0.310. The fraction of sp³-hybridized carbons (Fsp3) is 0.933. The maximum Gasteiger partial charge on any atom is 0.303 e. The molecule has 18 heavy (non-hydrogen) atoms. The van der Waals surface area contributed by atoms with Gasteiger partial charge < -0.3 is 10.0 Å². The normalized spacial score (nSPS) is 13.2. The van der Waals surface area contributed by atoms with Gasteiger partial charge >= 0.3 is 5.97 Å². The molecule has 1 unspecified atom stereocenters. The maximum absolute atomic E-state index is 10.7. The molecule has 3 heteroatoms. The van der Waals surface area contributed by atoms with E-state index in [-0.39, 0.29) is 0 Å². The molecule has 0 spiro atoms. The lowest BCUT2D eigenvalue weighted by Crippen LogP contribution is -2.29. The Morgan fingerprint density at radius 1 is 1.06 bits per heavy atom. The smallest absolute Gasteiger partial charge is 0.303 e. The third kappa shape index (κ3) is 8.51. The lowest BCUT2D eigenvalue weighted by atomic mass is 9.88. The molecule has 0 heterocycles. The van der Waals surface area contributed by atoms with Crippen molar-refractivity contribution in [2.75, 3.05) is 19.6 Å². The Kier molecular flexibility index (Phi) is 10.0. The summed E-state index contributed by atoms with van der Waals surface area (Å²) in [5.74, 6) is 0.450. The van der Waals surface area contributed by atoms with E-state index in [9.17, 15) is 4.79 Å². The first-order valence-corrected chi connectivity index (χ1v) is 7.45. The Morgan fingerprint density at radius 2 is 1.61 bits per heavy atom. The van der Waals surface area contributed by atoms with Gasteiger partial charge in [0.25, 0.3) is 0 Å². The molecule has 0 aliphatic heterocycles. The average molecular weight is 257 g/mol. The molecule has 1 atom stereocenters. The highest BCUT2D eigenvalue weighted by Gasteiger charge is 2.16. The Balaban J connectivity index is 4.09. The molecule has 3 nitrogen and oxygen atoms in total. The van der Waals surface area contributed by atoms with Gasteiger partial charge in [0.2, 0.25) is 0 Å². The first-order chi connectivity index (χ1) is 8.51. The van der Waals surface area contributed by atoms with E-state index in [1.807, 2.05) is 0 Å². The SMILES string of the molecule is CCCN(CCC)CCC(CCC(=O)O)C(C)C. The van der Waals surface area contributed by atoms with Gasteiger partial charge in [-0.3, -0.25) is 4.79 Å². The minimum Gasteiger partial charge on any atom is -0.481 e. The number of nitrogens with zero attached hydrogens (tertiary/aromatic N) is 1. The topological polar surface area (TPSA) is 40.5 Å². The van der Waals surface area contributed by atoms with Gasteiger partial charge in [-0.25, -0.2) is 0 Å². The molecule has 0 aromatic heterocycles.